The van der Waals surface area contributed by atoms with E-state index >= 15 is 0 Å². The first kappa shape index (κ1) is 13.8. The lowest BCUT2D eigenvalue weighted by Gasteiger charge is -2.20. The molecule has 0 bridgehead atoms. The molecule has 1 aromatic carbocycles. The van der Waals surface area contributed by atoms with E-state index in [1.165, 1.54) is 25.7 Å². The normalized spacial score (nSPS) is 18.2. The lowest BCUT2D eigenvalue weighted by Crippen LogP contribution is -2.18. The first-order valence-electron chi connectivity index (χ1n) is 8.19. The number of ether oxygens (including phenoxy) is 1. The second kappa shape index (κ2) is 5.41. The van der Waals surface area contributed by atoms with Crippen molar-refractivity contribution in [3.63, 3.8) is 0 Å². The van der Waals surface area contributed by atoms with Gasteiger partial charge in [0.1, 0.15) is 0 Å². The van der Waals surface area contributed by atoms with Crippen molar-refractivity contribution in [2.24, 2.45) is 5.92 Å². The van der Waals surface area contributed by atoms with E-state index in [4.69, 9.17) is 4.74 Å². The molecule has 2 heterocycles. The Morgan fingerprint density at radius 3 is 2.73 bits per heavy atom. The summed E-state index contributed by atoms with van der Waals surface area (Å²) in [6.45, 7) is 4.69. The van der Waals surface area contributed by atoms with Crippen molar-refractivity contribution in [3.05, 3.63) is 29.7 Å². The summed E-state index contributed by atoms with van der Waals surface area (Å²) in [7, 11) is 0. The van der Waals surface area contributed by atoms with Gasteiger partial charge >= 0.3 is 0 Å². The van der Waals surface area contributed by atoms with E-state index in [0.29, 0.717) is 18.3 Å². The van der Waals surface area contributed by atoms with E-state index < -0.39 is 0 Å². The van der Waals surface area contributed by atoms with Gasteiger partial charge in [0.05, 0.1) is 12.1 Å². The molecule has 2 aliphatic rings. The molecule has 1 saturated heterocycles. The lowest BCUT2D eigenvalue weighted by atomic mass is 10.1. The fraction of sp³-hybridized carbons (Fsp3) is 0.500. The molecule has 0 amide bonds. The predicted octanol–water partition coefficient (Wildman–Crippen LogP) is 4.07. The van der Waals surface area contributed by atoms with Crippen molar-refractivity contribution in [1.29, 1.82) is 0 Å². The monoisotopic (exact) mass is 300 g/mol. The summed E-state index contributed by atoms with van der Waals surface area (Å²) in [5.41, 5.74) is 2.90. The van der Waals surface area contributed by atoms with Gasteiger partial charge in [0, 0.05) is 35.9 Å². The van der Waals surface area contributed by atoms with Crippen LogP contribution in [0.5, 0.6) is 5.75 Å². The van der Waals surface area contributed by atoms with Gasteiger partial charge in [-0.15, -0.1) is 0 Å². The molecule has 0 N–H and O–H groups in total. The summed E-state index contributed by atoms with van der Waals surface area (Å²) in [6.07, 6.45) is 4.80. The maximum atomic E-state index is 14.4. The highest BCUT2D eigenvalue weighted by molar-refractivity contribution is 5.93. The number of aromatic nitrogens is 1. The third kappa shape index (κ3) is 2.62. The number of hydrogen-bond acceptors (Lipinski definition) is 3. The first-order valence-corrected chi connectivity index (χ1v) is 8.19. The van der Waals surface area contributed by atoms with Gasteiger partial charge in [-0.2, -0.15) is 0 Å². The summed E-state index contributed by atoms with van der Waals surface area (Å²) in [4.78, 5) is 6.91. The summed E-state index contributed by atoms with van der Waals surface area (Å²) in [6, 6.07) is 5.43. The highest BCUT2D eigenvalue weighted by Crippen LogP contribution is 2.34. The van der Waals surface area contributed by atoms with Gasteiger partial charge < -0.3 is 9.64 Å². The molecule has 22 heavy (non-hydrogen) atoms. The molecule has 0 unspecified atom stereocenters. The van der Waals surface area contributed by atoms with Crippen LogP contribution in [0.2, 0.25) is 0 Å². The van der Waals surface area contributed by atoms with Crippen molar-refractivity contribution in [1.82, 2.24) is 4.98 Å². The number of halogens is 1. The number of aryl methyl sites for hydroxylation is 1. The smallest absolute Gasteiger partial charge is 0.165 e. The number of pyridine rings is 1. The molecule has 4 heteroatoms. The van der Waals surface area contributed by atoms with Crippen LogP contribution in [0.15, 0.2) is 18.2 Å². The van der Waals surface area contributed by atoms with Gasteiger partial charge in [-0.25, -0.2) is 4.39 Å². The quantitative estimate of drug-likeness (QED) is 0.851. The molecule has 1 saturated carbocycles. The molecule has 0 spiro atoms. The zero-order chi connectivity index (χ0) is 15.1. The molecule has 1 aliphatic carbocycles. The Labute approximate surface area is 130 Å². The topological polar surface area (TPSA) is 25.4 Å². The van der Waals surface area contributed by atoms with Gasteiger partial charge in [0.25, 0.3) is 0 Å². The molecule has 1 aromatic heterocycles. The first-order chi connectivity index (χ1) is 10.7. The fourth-order valence-electron chi connectivity index (χ4n) is 3.16. The van der Waals surface area contributed by atoms with Crippen LogP contribution in [0.25, 0.3) is 10.9 Å². The molecule has 1 aliphatic heterocycles. The average molecular weight is 300 g/mol. The van der Waals surface area contributed by atoms with Crippen molar-refractivity contribution >= 4 is 16.6 Å². The van der Waals surface area contributed by atoms with E-state index in [2.05, 4.69) is 16.0 Å². The van der Waals surface area contributed by atoms with Gasteiger partial charge in [-0.05, 0) is 50.7 Å². The zero-order valence-corrected chi connectivity index (χ0v) is 12.9. The van der Waals surface area contributed by atoms with Crippen LogP contribution in [-0.2, 0) is 0 Å². The highest BCUT2D eigenvalue weighted by atomic mass is 19.1. The second-order valence-electron chi connectivity index (χ2n) is 6.53. The van der Waals surface area contributed by atoms with Gasteiger partial charge in [-0.1, -0.05) is 0 Å². The van der Waals surface area contributed by atoms with Crippen molar-refractivity contribution < 1.29 is 9.13 Å². The Hall–Kier alpha value is -1.84. The molecule has 116 valence electrons. The van der Waals surface area contributed by atoms with Crippen molar-refractivity contribution in [2.45, 2.75) is 32.6 Å². The third-order valence-corrected chi connectivity index (χ3v) is 4.59. The largest absolute Gasteiger partial charge is 0.490 e. The van der Waals surface area contributed by atoms with Crippen LogP contribution in [0.4, 0.5) is 10.1 Å². The summed E-state index contributed by atoms with van der Waals surface area (Å²) >= 11 is 0. The van der Waals surface area contributed by atoms with E-state index in [1.807, 2.05) is 6.92 Å². The second-order valence-corrected chi connectivity index (χ2v) is 6.53. The molecule has 2 aromatic rings. The Bertz CT molecular complexity index is 706. The number of rotatable bonds is 4. The molecular weight excluding hydrogens is 279 g/mol. The van der Waals surface area contributed by atoms with Crippen molar-refractivity contribution in [2.75, 3.05) is 24.6 Å². The maximum Gasteiger partial charge on any atom is 0.165 e. The maximum absolute atomic E-state index is 14.4. The van der Waals surface area contributed by atoms with Gasteiger partial charge in [0.2, 0.25) is 0 Å². The molecule has 3 nitrogen and oxygen atoms in total. The van der Waals surface area contributed by atoms with Crippen LogP contribution in [-0.4, -0.2) is 24.7 Å². The Morgan fingerprint density at radius 1 is 1.23 bits per heavy atom. The Morgan fingerprint density at radius 2 is 2.00 bits per heavy atom. The minimum Gasteiger partial charge on any atom is -0.490 e. The fourth-order valence-corrected chi connectivity index (χ4v) is 3.16. The van der Waals surface area contributed by atoms with Crippen LogP contribution in [0.3, 0.4) is 0 Å². The minimum atomic E-state index is -0.278. The van der Waals surface area contributed by atoms with Crippen LogP contribution < -0.4 is 9.64 Å². The van der Waals surface area contributed by atoms with E-state index in [1.54, 1.807) is 12.1 Å². The number of benzene rings is 1. The molecule has 0 radical (unpaired) electrons. The standard InChI is InChI=1S/C18H21FN2O/c1-12-8-17(21-6-2-3-7-21)14-9-15(19)18(10-16(14)20-12)22-11-13-4-5-13/h8-10,13H,2-7,11H2,1H3. The van der Waals surface area contributed by atoms with Gasteiger partial charge in [-0.3, -0.25) is 4.98 Å². The van der Waals surface area contributed by atoms with E-state index in [9.17, 15) is 4.39 Å². The summed E-state index contributed by atoms with van der Waals surface area (Å²) < 4.78 is 20.0. The number of hydrogen-bond donors (Lipinski definition) is 0. The zero-order valence-electron chi connectivity index (χ0n) is 12.9. The number of nitrogens with zero attached hydrogens (tertiary/aromatic N) is 2. The third-order valence-electron chi connectivity index (χ3n) is 4.59. The Balaban J connectivity index is 1.75. The van der Waals surface area contributed by atoms with Crippen LogP contribution in [0, 0.1) is 18.7 Å². The SMILES string of the molecule is Cc1cc(N2CCCC2)c2cc(F)c(OCC3CC3)cc2n1. The lowest BCUT2D eigenvalue weighted by molar-refractivity contribution is 0.286. The van der Waals surface area contributed by atoms with E-state index in [0.717, 1.165) is 35.4 Å². The molecular formula is C18H21FN2O. The summed E-state index contributed by atoms with van der Waals surface area (Å²) in [5.74, 6) is 0.671. The molecule has 4 rings (SSSR count). The number of anilines is 1. The van der Waals surface area contributed by atoms with Crippen LogP contribution in [0.1, 0.15) is 31.4 Å². The number of fused-ring (bicyclic) bond motifs is 1. The highest BCUT2D eigenvalue weighted by Gasteiger charge is 2.23. The molecule has 0 atom stereocenters. The summed E-state index contributed by atoms with van der Waals surface area (Å²) in [5, 5.41) is 0.892. The van der Waals surface area contributed by atoms with Crippen molar-refractivity contribution in [3.8, 4) is 5.75 Å². The van der Waals surface area contributed by atoms with Gasteiger partial charge in [0.15, 0.2) is 11.6 Å². The minimum absolute atomic E-state index is 0.278. The van der Waals surface area contributed by atoms with Crippen LogP contribution >= 0.6 is 0 Å². The Kier molecular flexibility index (Phi) is 3.40. The predicted molar refractivity (Wildman–Crippen MR) is 86.1 cm³/mol. The van der Waals surface area contributed by atoms with E-state index in [-0.39, 0.29) is 5.82 Å². The molecule has 2 fully saturated rings. The average Bonchev–Trinajstić information content (AvgIpc) is 3.16.